The van der Waals surface area contributed by atoms with E-state index in [1.165, 1.54) is 25.2 Å². The molecule has 1 saturated heterocycles. The number of likely N-dealkylation sites (tertiary alicyclic amines) is 1. The van der Waals surface area contributed by atoms with E-state index < -0.39 is 41.0 Å². The topological polar surface area (TPSA) is 111 Å². The Kier molecular flexibility index (Phi) is 6.84. The van der Waals surface area contributed by atoms with Crippen molar-refractivity contribution in [2.75, 3.05) is 7.05 Å². The number of amides is 3. The number of rotatable bonds is 6. The summed E-state index contributed by atoms with van der Waals surface area (Å²) in [5.74, 6) is -3.32. The van der Waals surface area contributed by atoms with Crippen molar-refractivity contribution in [3.8, 4) is 11.6 Å². The Morgan fingerprint density at radius 2 is 1.94 bits per heavy atom. The number of ether oxygens (including phenoxy) is 1. The predicted octanol–water partition coefficient (Wildman–Crippen LogP) is 2.54. The maximum Gasteiger partial charge on any atom is 0.280 e. The molecule has 1 atom stereocenters. The number of aromatic nitrogens is 2. The largest absolute Gasteiger partial charge is 0.471 e. The average molecular weight is 517 g/mol. The predicted molar refractivity (Wildman–Crippen MR) is 124 cm³/mol. The normalized spacial score (nSPS) is 15.4. The maximum absolute atomic E-state index is 13.8. The first-order chi connectivity index (χ1) is 17.1. The zero-order valence-electron chi connectivity index (χ0n) is 19.0. The quantitative estimate of drug-likeness (QED) is 0.504. The molecule has 3 aromatic rings. The summed E-state index contributed by atoms with van der Waals surface area (Å²) >= 11 is 6.16. The van der Waals surface area contributed by atoms with Crippen LogP contribution in [0.25, 0.3) is 5.69 Å². The standard InChI is InChI=1S/C24H19ClF2N4O5/c1-12-3-4-13(21(33)29-17-9-19(32)30(2)23(17)34)7-18(12)31-11-28-22(20(25)24(31)35)36-10-14-5-6-15(26)8-16(14)27/h3-8,11,17H,9-10H2,1-2H3,(H,29,33). The molecule has 12 heteroatoms. The Morgan fingerprint density at radius 1 is 1.19 bits per heavy atom. The molecular weight excluding hydrogens is 498 g/mol. The molecule has 2 heterocycles. The van der Waals surface area contributed by atoms with Gasteiger partial charge in [0.15, 0.2) is 5.02 Å². The van der Waals surface area contributed by atoms with Gasteiger partial charge in [0.25, 0.3) is 17.4 Å². The van der Waals surface area contributed by atoms with Gasteiger partial charge in [-0.3, -0.25) is 28.6 Å². The lowest BCUT2D eigenvalue weighted by Gasteiger charge is -2.14. The van der Waals surface area contributed by atoms with E-state index in [-0.39, 0.29) is 35.1 Å². The molecule has 0 saturated carbocycles. The summed E-state index contributed by atoms with van der Waals surface area (Å²) in [6, 6.07) is 6.53. The SMILES string of the molecule is Cc1ccc(C(=O)NC2CC(=O)N(C)C2=O)cc1-n1cnc(OCc2ccc(F)cc2F)c(Cl)c1=O. The van der Waals surface area contributed by atoms with Crippen LogP contribution in [-0.4, -0.2) is 45.3 Å². The number of carbonyl (C=O) groups excluding carboxylic acids is 3. The molecule has 1 N–H and O–H groups in total. The third-order valence-electron chi connectivity index (χ3n) is 5.68. The van der Waals surface area contributed by atoms with Crippen LogP contribution in [0, 0.1) is 18.6 Å². The Hall–Kier alpha value is -4.12. The van der Waals surface area contributed by atoms with Crippen LogP contribution in [0.4, 0.5) is 8.78 Å². The fraction of sp³-hybridized carbons (Fsp3) is 0.208. The molecule has 9 nitrogen and oxygen atoms in total. The van der Waals surface area contributed by atoms with Crippen molar-refractivity contribution < 1.29 is 27.9 Å². The highest BCUT2D eigenvalue weighted by Crippen LogP contribution is 2.22. The minimum Gasteiger partial charge on any atom is -0.471 e. The third kappa shape index (κ3) is 4.82. The second-order valence-corrected chi connectivity index (χ2v) is 8.46. The number of halogens is 3. The monoisotopic (exact) mass is 516 g/mol. The van der Waals surface area contributed by atoms with Crippen LogP contribution in [0.15, 0.2) is 47.5 Å². The first-order valence-electron chi connectivity index (χ1n) is 10.6. The summed E-state index contributed by atoms with van der Waals surface area (Å²) < 4.78 is 33.4. The van der Waals surface area contributed by atoms with Crippen molar-refractivity contribution in [2.24, 2.45) is 0 Å². The molecule has 1 aliphatic heterocycles. The molecule has 0 aliphatic carbocycles. The second kappa shape index (κ2) is 9.86. The molecule has 2 aromatic carbocycles. The van der Waals surface area contributed by atoms with Crippen LogP contribution >= 0.6 is 11.6 Å². The van der Waals surface area contributed by atoms with Crippen LogP contribution in [0.2, 0.25) is 5.02 Å². The van der Waals surface area contributed by atoms with Crippen molar-refractivity contribution in [3.63, 3.8) is 0 Å². The molecule has 0 spiro atoms. The van der Waals surface area contributed by atoms with Gasteiger partial charge in [0, 0.05) is 24.2 Å². The molecule has 1 unspecified atom stereocenters. The minimum atomic E-state index is -0.971. The Labute approximate surface area is 208 Å². The van der Waals surface area contributed by atoms with Crippen molar-refractivity contribution in [3.05, 3.63) is 86.4 Å². The smallest absolute Gasteiger partial charge is 0.280 e. The van der Waals surface area contributed by atoms with Gasteiger partial charge in [-0.2, -0.15) is 0 Å². The molecule has 0 radical (unpaired) electrons. The number of aryl methyl sites for hydroxylation is 1. The number of benzene rings is 2. The maximum atomic E-state index is 13.8. The lowest BCUT2D eigenvalue weighted by molar-refractivity contribution is -0.137. The van der Waals surface area contributed by atoms with E-state index >= 15 is 0 Å². The van der Waals surface area contributed by atoms with Crippen molar-refractivity contribution in [2.45, 2.75) is 26.0 Å². The van der Waals surface area contributed by atoms with E-state index in [0.29, 0.717) is 17.3 Å². The fourth-order valence-corrected chi connectivity index (χ4v) is 3.79. The van der Waals surface area contributed by atoms with E-state index in [1.807, 2.05) is 0 Å². The summed E-state index contributed by atoms with van der Waals surface area (Å²) in [4.78, 5) is 54.4. The lowest BCUT2D eigenvalue weighted by atomic mass is 10.1. The van der Waals surface area contributed by atoms with Gasteiger partial charge < -0.3 is 10.1 Å². The fourth-order valence-electron chi connectivity index (χ4n) is 3.59. The Bertz CT molecular complexity index is 1460. The van der Waals surface area contributed by atoms with Gasteiger partial charge in [-0.15, -0.1) is 0 Å². The summed E-state index contributed by atoms with van der Waals surface area (Å²) in [6.07, 6.45) is 1.00. The zero-order valence-corrected chi connectivity index (χ0v) is 19.8. The molecule has 1 fully saturated rings. The molecule has 3 amide bonds. The summed E-state index contributed by atoms with van der Waals surface area (Å²) in [7, 11) is 1.34. The van der Waals surface area contributed by atoms with E-state index in [9.17, 15) is 28.0 Å². The van der Waals surface area contributed by atoms with Gasteiger partial charge in [0.1, 0.15) is 30.6 Å². The first kappa shape index (κ1) is 25.0. The van der Waals surface area contributed by atoms with Crippen molar-refractivity contribution >= 4 is 29.3 Å². The van der Waals surface area contributed by atoms with E-state index in [1.54, 1.807) is 13.0 Å². The first-order valence-corrected chi connectivity index (χ1v) is 11.0. The number of nitrogens with one attached hydrogen (secondary N) is 1. The summed E-state index contributed by atoms with van der Waals surface area (Å²) in [6.45, 7) is 1.36. The van der Waals surface area contributed by atoms with Gasteiger partial charge in [-0.05, 0) is 36.8 Å². The van der Waals surface area contributed by atoms with Crippen LogP contribution in [0.5, 0.6) is 5.88 Å². The molecular formula is C24H19ClF2N4O5. The minimum absolute atomic E-state index is 0.0432. The zero-order chi connectivity index (χ0) is 26.1. The molecule has 1 aromatic heterocycles. The van der Waals surface area contributed by atoms with Crippen molar-refractivity contribution in [1.82, 2.24) is 19.8 Å². The van der Waals surface area contributed by atoms with E-state index in [4.69, 9.17) is 16.3 Å². The van der Waals surface area contributed by atoms with Gasteiger partial charge in [0.05, 0.1) is 12.1 Å². The summed E-state index contributed by atoms with van der Waals surface area (Å²) in [5, 5.41) is 2.14. The highest BCUT2D eigenvalue weighted by molar-refractivity contribution is 6.31. The van der Waals surface area contributed by atoms with Gasteiger partial charge in [-0.25, -0.2) is 13.8 Å². The van der Waals surface area contributed by atoms with Crippen molar-refractivity contribution in [1.29, 1.82) is 0 Å². The highest BCUT2D eigenvalue weighted by Gasteiger charge is 2.37. The molecule has 0 bridgehead atoms. The Balaban J connectivity index is 1.57. The number of hydrogen-bond acceptors (Lipinski definition) is 6. The van der Waals surface area contributed by atoms with E-state index in [0.717, 1.165) is 21.9 Å². The van der Waals surface area contributed by atoms with E-state index in [2.05, 4.69) is 10.3 Å². The average Bonchev–Trinajstić information content (AvgIpc) is 3.08. The molecule has 1 aliphatic rings. The lowest BCUT2D eigenvalue weighted by Crippen LogP contribution is -2.40. The third-order valence-corrected chi connectivity index (χ3v) is 6.01. The van der Waals surface area contributed by atoms with Gasteiger partial charge in [-0.1, -0.05) is 17.7 Å². The molecule has 186 valence electrons. The van der Waals surface area contributed by atoms with Crippen LogP contribution in [-0.2, 0) is 16.2 Å². The number of carbonyl (C=O) groups is 3. The van der Waals surface area contributed by atoms with Crippen LogP contribution < -0.4 is 15.6 Å². The number of imide groups is 1. The number of hydrogen-bond donors (Lipinski definition) is 1. The highest BCUT2D eigenvalue weighted by atomic mass is 35.5. The number of nitrogens with zero attached hydrogens (tertiary/aromatic N) is 3. The van der Waals surface area contributed by atoms with Gasteiger partial charge in [0.2, 0.25) is 11.8 Å². The number of likely N-dealkylation sites (N-methyl/N-ethyl adjacent to an activating group) is 1. The molecule has 36 heavy (non-hydrogen) atoms. The van der Waals surface area contributed by atoms with Crippen LogP contribution in [0.1, 0.15) is 27.9 Å². The van der Waals surface area contributed by atoms with Crippen LogP contribution in [0.3, 0.4) is 0 Å². The second-order valence-electron chi connectivity index (χ2n) is 8.09. The molecule has 4 rings (SSSR count). The summed E-state index contributed by atoms with van der Waals surface area (Å²) in [5.41, 5.74) is 0.381. The Morgan fingerprint density at radius 3 is 2.61 bits per heavy atom. The van der Waals surface area contributed by atoms with Gasteiger partial charge >= 0.3 is 0 Å².